The molecule has 0 saturated heterocycles. The monoisotopic (exact) mass is 387 g/mol. The molecule has 0 fully saturated rings. The van der Waals surface area contributed by atoms with Crippen LogP contribution in [0.25, 0.3) is 0 Å². The van der Waals surface area contributed by atoms with Gasteiger partial charge >= 0.3 is 0 Å². The highest BCUT2D eigenvalue weighted by molar-refractivity contribution is 5.16. The molecular weight excluding hydrogens is 350 g/mol. The van der Waals surface area contributed by atoms with Gasteiger partial charge in [-0.15, -0.1) is 0 Å². The van der Waals surface area contributed by atoms with Crippen LogP contribution in [0.4, 0.5) is 0 Å². The van der Waals surface area contributed by atoms with Gasteiger partial charge in [0, 0.05) is 19.5 Å². The van der Waals surface area contributed by atoms with Gasteiger partial charge in [0.15, 0.2) is 5.88 Å². The number of nitrogens with zero attached hydrogens (tertiary/aromatic N) is 1. The Kier molecular flexibility index (Phi) is 9.51. The maximum Gasteiger partial charge on any atom is 0.180 e. The van der Waals surface area contributed by atoms with E-state index in [4.69, 9.17) is 10.00 Å². The molecule has 0 spiro atoms. The minimum Gasteiger partial charge on any atom is -0.474 e. The van der Waals surface area contributed by atoms with Crippen LogP contribution in [0.1, 0.15) is 53.0 Å². The predicted molar refractivity (Wildman–Crippen MR) is 115 cm³/mol. The molecule has 0 aliphatic rings. The van der Waals surface area contributed by atoms with Crippen molar-refractivity contribution in [3.8, 4) is 6.07 Å². The van der Waals surface area contributed by atoms with Crippen LogP contribution in [0.3, 0.4) is 0 Å². The Bertz CT molecular complexity index is 629. The molecule has 3 N–H and O–H groups in total. The maximum atomic E-state index is 10.8. The molecule has 2 unspecified atom stereocenters. The van der Waals surface area contributed by atoms with Gasteiger partial charge < -0.3 is 20.5 Å². The van der Waals surface area contributed by atoms with Gasteiger partial charge in [-0.1, -0.05) is 44.2 Å². The van der Waals surface area contributed by atoms with E-state index in [1.807, 2.05) is 51.1 Å². The Balaban J connectivity index is 2.69. The summed E-state index contributed by atoms with van der Waals surface area (Å²) >= 11 is 0. The second-order valence-electron chi connectivity index (χ2n) is 9.10. The molecule has 0 saturated carbocycles. The highest BCUT2D eigenvalue weighted by Gasteiger charge is 2.24. The Morgan fingerprint density at radius 1 is 1.21 bits per heavy atom. The molecule has 28 heavy (non-hydrogen) atoms. The second kappa shape index (κ2) is 11.1. The summed E-state index contributed by atoms with van der Waals surface area (Å²) in [5, 5.41) is 26.2. The normalized spacial score (nSPS) is 14.0. The zero-order valence-electron chi connectivity index (χ0n) is 18.1. The Hall–Kier alpha value is -2.03. The zero-order valence-corrected chi connectivity index (χ0v) is 18.1. The predicted octanol–water partition coefficient (Wildman–Crippen LogP) is 3.75. The fourth-order valence-corrected chi connectivity index (χ4v) is 2.94. The Morgan fingerprint density at radius 2 is 1.86 bits per heavy atom. The molecular formula is C23H37N3O2. The summed E-state index contributed by atoms with van der Waals surface area (Å²) in [6.45, 7) is 15.3. The van der Waals surface area contributed by atoms with Crippen LogP contribution in [0, 0.1) is 16.7 Å². The number of ether oxygens (including phenoxy) is 1. The van der Waals surface area contributed by atoms with E-state index in [9.17, 15) is 5.11 Å². The van der Waals surface area contributed by atoms with Gasteiger partial charge in [0.05, 0.1) is 18.2 Å². The van der Waals surface area contributed by atoms with Crippen molar-refractivity contribution in [2.75, 3.05) is 13.1 Å². The lowest BCUT2D eigenvalue weighted by atomic mass is 9.88. The lowest BCUT2D eigenvalue weighted by Gasteiger charge is -2.31. The van der Waals surface area contributed by atoms with Crippen molar-refractivity contribution >= 4 is 0 Å². The first-order valence-corrected chi connectivity index (χ1v) is 9.96. The fourth-order valence-electron chi connectivity index (χ4n) is 2.94. The summed E-state index contributed by atoms with van der Waals surface area (Å²) in [5.41, 5.74) is 0.795. The van der Waals surface area contributed by atoms with E-state index in [1.165, 1.54) is 0 Å². The van der Waals surface area contributed by atoms with Gasteiger partial charge in [-0.05, 0) is 51.2 Å². The molecule has 1 aromatic rings. The number of aliphatic hydroxyl groups excluding tert-OH is 1. The lowest BCUT2D eigenvalue weighted by molar-refractivity contribution is 0.0286. The summed E-state index contributed by atoms with van der Waals surface area (Å²) in [7, 11) is 0. The van der Waals surface area contributed by atoms with Crippen molar-refractivity contribution in [2.45, 2.75) is 71.6 Å². The van der Waals surface area contributed by atoms with E-state index in [0.717, 1.165) is 18.5 Å². The van der Waals surface area contributed by atoms with E-state index < -0.39 is 6.10 Å². The van der Waals surface area contributed by atoms with Gasteiger partial charge in [-0.3, -0.25) is 0 Å². The van der Waals surface area contributed by atoms with Crippen molar-refractivity contribution in [1.82, 2.24) is 10.6 Å². The minimum atomic E-state index is -0.618. The van der Waals surface area contributed by atoms with E-state index >= 15 is 0 Å². The first kappa shape index (κ1) is 24.0. The van der Waals surface area contributed by atoms with Crippen LogP contribution in [-0.4, -0.2) is 35.9 Å². The molecule has 0 aliphatic heterocycles. The number of hydrogen-bond acceptors (Lipinski definition) is 5. The second-order valence-corrected chi connectivity index (χ2v) is 9.10. The van der Waals surface area contributed by atoms with Crippen LogP contribution >= 0.6 is 0 Å². The van der Waals surface area contributed by atoms with Gasteiger partial charge in [0.2, 0.25) is 0 Å². The smallest absolute Gasteiger partial charge is 0.180 e. The van der Waals surface area contributed by atoms with E-state index in [2.05, 4.69) is 37.1 Å². The van der Waals surface area contributed by atoms with Crippen molar-refractivity contribution in [1.29, 1.82) is 5.26 Å². The van der Waals surface area contributed by atoms with Gasteiger partial charge in [-0.25, -0.2) is 0 Å². The highest BCUT2D eigenvalue weighted by atomic mass is 16.5. The molecule has 2 atom stereocenters. The lowest BCUT2D eigenvalue weighted by Crippen LogP contribution is -2.48. The van der Waals surface area contributed by atoms with Crippen LogP contribution in [-0.2, 0) is 11.2 Å². The van der Waals surface area contributed by atoms with E-state index in [0.29, 0.717) is 25.3 Å². The van der Waals surface area contributed by atoms with Crippen molar-refractivity contribution < 1.29 is 9.84 Å². The van der Waals surface area contributed by atoms with Crippen LogP contribution < -0.4 is 10.6 Å². The molecule has 1 aromatic carbocycles. The van der Waals surface area contributed by atoms with Crippen LogP contribution in [0.15, 0.2) is 42.8 Å². The summed E-state index contributed by atoms with van der Waals surface area (Å²) in [4.78, 5) is 0. The SMILES string of the molecule is C=C(NC(Cc1ccccc1)C(O)CNCC(C)(C)CCC#N)OC(C)(C)C. The van der Waals surface area contributed by atoms with Crippen molar-refractivity contribution in [3.05, 3.63) is 48.4 Å². The third-order valence-corrected chi connectivity index (χ3v) is 4.41. The third-order valence-electron chi connectivity index (χ3n) is 4.41. The summed E-state index contributed by atoms with van der Waals surface area (Å²) in [6, 6.07) is 12.0. The average Bonchev–Trinajstić information content (AvgIpc) is 2.58. The topological polar surface area (TPSA) is 77.3 Å². The van der Waals surface area contributed by atoms with Crippen LogP contribution in [0.5, 0.6) is 0 Å². The summed E-state index contributed by atoms with van der Waals surface area (Å²) in [5.74, 6) is 0.460. The average molecular weight is 388 g/mol. The first-order chi connectivity index (χ1) is 13.0. The summed E-state index contributed by atoms with van der Waals surface area (Å²) in [6.07, 6.45) is 1.41. The number of nitriles is 1. The molecule has 0 aromatic heterocycles. The van der Waals surface area contributed by atoms with Gasteiger partial charge in [0.1, 0.15) is 5.60 Å². The molecule has 5 heteroatoms. The standard InChI is InChI=1S/C23H37N3O2/c1-18(28-22(2,3)4)26-20(15-19-11-8-7-9-12-19)21(27)16-25-17-23(5,6)13-10-14-24/h7-9,11-12,20-21,25-27H,1,10,13,15-17H2,2-6H3. The van der Waals surface area contributed by atoms with Crippen molar-refractivity contribution in [2.24, 2.45) is 5.41 Å². The first-order valence-electron chi connectivity index (χ1n) is 9.96. The molecule has 0 aliphatic carbocycles. The van der Waals surface area contributed by atoms with Gasteiger partial charge in [-0.2, -0.15) is 5.26 Å². The maximum absolute atomic E-state index is 10.8. The number of rotatable bonds is 12. The highest BCUT2D eigenvalue weighted by Crippen LogP contribution is 2.20. The molecule has 0 heterocycles. The number of benzene rings is 1. The van der Waals surface area contributed by atoms with Crippen molar-refractivity contribution in [3.63, 3.8) is 0 Å². The third kappa shape index (κ3) is 10.3. The quantitative estimate of drug-likeness (QED) is 0.476. The van der Waals surface area contributed by atoms with E-state index in [1.54, 1.807) is 0 Å². The fraction of sp³-hybridized carbons (Fsp3) is 0.609. The zero-order chi connectivity index (χ0) is 21.2. The Morgan fingerprint density at radius 3 is 2.43 bits per heavy atom. The summed E-state index contributed by atoms with van der Waals surface area (Å²) < 4.78 is 5.79. The molecule has 0 amide bonds. The number of aliphatic hydroxyl groups is 1. The molecule has 0 radical (unpaired) electrons. The van der Waals surface area contributed by atoms with Crippen LogP contribution in [0.2, 0.25) is 0 Å². The molecule has 156 valence electrons. The Labute approximate surface area is 170 Å². The number of hydrogen-bond donors (Lipinski definition) is 3. The van der Waals surface area contributed by atoms with E-state index in [-0.39, 0.29) is 17.1 Å². The molecule has 1 rings (SSSR count). The minimum absolute atomic E-state index is 0.0107. The van der Waals surface area contributed by atoms with Gasteiger partial charge in [0.25, 0.3) is 0 Å². The molecule has 5 nitrogen and oxygen atoms in total. The number of nitrogens with one attached hydrogen (secondary N) is 2. The largest absolute Gasteiger partial charge is 0.474 e. The molecule has 0 bridgehead atoms.